The molecule has 3 aromatic rings. The number of nitrogens with one attached hydrogen (secondary N) is 1. The molecular weight excluding hydrogens is 396 g/mol. The number of fused-ring (bicyclic) bond motifs is 1. The molecule has 9 nitrogen and oxygen atoms in total. The van der Waals surface area contributed by atoms with E-state index < -0.39 is 0 Å². The van der Waals surface area contributed by atoms with Crippen LogP contribution in [0.3, 0.4) is 0 Å². The number of aromatic nitrogens is 3. The molecule has 1 aliphatic rings. The second-order valence-corrected chi connectivity index (χ2v) is 7.29. The fraction of sp³-hybridized carbons (Fsp3) is 0.318. The van der Waals surface area contributed by atoms with E-state index in [2.05, 4.69) is 15.3 Å². The molecule has 2 amide bonds. The van der Waals surface area contributed by atoms with Crippen LogP contribution in [0.2, 0.25) is 0 Å². The van der Waals surface area contributed by atoms with E-state index in [1.807, 2.05) is 6.07 Å². The van der Waals surface area contributed by atoms with E-state index >= 15 is 0 Å². The van der Waals surface area contributed by atoms with Crippen molar-refractivity contribution in [2.45, 2.75) is 19.4 Å². The maximum Gasteiger partial charge on any atom is 0.258 e. The lowest BCUT2D eigenvalue weighted by Gasteiger charge is -2.30. The Bertz CT molecular complexity index is 1180. The van der Waals surface area contributed by atoms with Crippen molar-refractivity contribution >= 4 is 28.9 Å². The summed E-state index contributed by atoms with van der Waals surface area (Å²) in [6, 6.07) is 10.2. The molecule has 9 heteroatoms. The molecule has 2 aromatic heterocycles. The summed E-state index contributed by atoms with van der Waals surface area (Å²) in [7, 11) is 1.63. The molecule has 0 bridgehead atoms. The van der Waals surface area contributed by atoms with Gasteiger partial charge >= 0.3 is 0 Å². The third-order valence-electron chi connectivity index (χ3n) is 5.18. The predicted molar refractivity (Wildman–Crippen MR) is 114 cm³/mol. The van der Waals surface area contributed by atoms with Gasteiger partial charge in [0.05, 0.1) is 17.2 Å². The summed E-state index contributed by atoms with van der Waals surface area (Å²) in [4.78, 5) is 36.1. The highest BCUT2D eigenvalue weighted by atomic mass is 16.5. The number of ether oxygens (including phenoxy) is 1. The largest absolute Gasteiger partial charge is 0.385 e. The van der Waals surface area contributed by atoms with Crippen molar-refractivity contribution in [1.29, 1.82) is 5.26 Å². The Balaban J connectivity index is 1.66. The van der Waals surface area contributed by atoms with Crippen LogP contribution in [-0.4, -0.2) is 58.1 Å². The summed E-state index contributed by atoms with van der Waals surface area (Å²) in [5.41, 5.74) is 2.35. The number of carbonyl (C=O) groups is 2. The minimum absolute atomic E-state index is 0.0616. The quantitative estimate of drug-likeness (QED) is 0.590. The van der Waals surface area contributed by atoms with E-state index in [0.29, 0.717) is 53.4 Å². The maximum absolute atomic E-state index is 12.8. The maximum atomic E-state index is 12.8. The standard InChI is InChI=1S/C22H22N6O3/c1-31-10-4-9-28-19-18(12-17(14-24-19)21(30)27-7-3-8-27)25-22(28)26-20(29)16-6-2-5-15(11-16)13-23/h2,5-6,11-12,14H,3-4,7-10H2,1H3,(H,25,26,29). The number of pyridine rings is 1. The molecule has 0 atom stereocenters. The molecule has 158 valence electrons. The fourth-order valence-electron chi connectivity index (χ4n) is 3.41. The number of amides is 2. The summed E-state index contributed by atoms with van der Waals surface area (Å²) in [6.45, 7) is 2.59. The number of rotatable bonds is 7. The Morgan fingerprint density at radius 2 is 2.10 bits per heavy atom. The smallest absolute Gasteiger partial charge is 0.258 e. The van der Waals surface area contributed by atoms with Crippen molar-refractivity contribution in [2.24, 2.45) is 0 Å². The number of hydrogen-bond donors (Lipinski definition) is 1. The van der Waals surface area contributed by atoms with Crippen LogP contribution in [0.15, 0.2) is 36.5 Å². The van der Waals surface area contributed by atoms with Gasteiger partial charge in [-0.2, -0.15) is 5.26 Å². The molecule has 0 radical (unpaired) electrons. The summed E-state index contributed by atoms with van der Waals surface area (Å²) in [5.74, 6) is -0.106. The first kappa shape index (κ1) is 20.5. The minimum Gasteiger partial charge on any atom is -0.385 e. The normalized spacial score (nSPS) is 13.0. The highest BCUT2D eigenvalue weighted by Gasteiger charge is 2.23. The van der Waals surface area contributed by atoms with Gasteiger partial charge in [-0.25, -0.2) is 9.97 Å². The van der Waals surface area contributed by atoms with Crippen LogP contribution in [0.4, 0.5) is 5.95 Å². The van der Waals surface area contributed by atoms with Gasteiger partial charge in [-0.3, -0.25) is 19.5 Å². The molecule has 0 saturated carbocycles. The lowest BCUT2D eigenvalue weighted by Crippen LogP contribution is -2.42. The Morgan fingerprint density at radius 1 is 1.26 bits per heavy atom. The van der Waals surface area contributed by atoms with Crippen LogP contribution >= 0.6 is 0 Å². The van der Waals surface area contributed by atoms with E-state index in [1.165, 1.54) is 6.07 Å². The van der Waals surface area contributed by atoms with Gasteiger partial charge in [0.25, 0.3) is 11.8 Å². The first-order valence-corrected chi connectivity index (χ1v) is 10.1. The van der Waals surface area contributed by atoms with Crippen LogP contribution in [0.5, 0.6) is 0 Å². The SMILES string of the molecule is COCCCn1c(NC(=O)c2cccc(C#N)c2)nc2cc(C(=O)N3CCC3)cnc21. The van der Waals surface area contributed by atoms with E-state index in [-0.39, 0.29) is 11.8 Å². The molecule has 0 unspecified atom stereocenters. The number of aryl methyl sites for hydroxylation is 1. The molecule has 3 heterocycles. The third-order valence-corrected chi connectivity index (χ3v) is 5.18. The van der Waals surface area contributed by atoms with E-state index in [9.17, 15) is 9.59 Å². The number of benzene rings is 1. The minimum atomic E-state index is -0.378. The van der Waals surface area contributed by atoms with Crippen molar-refractivity contribution in [3.8, 4) is 6.07 Å². The van der Waals surface area contributed by atoms with Crippen molar-refractivity contribution in [3.63, 3.8) is 0 Å². The Hall–Kier alpha value is -3.77. The zero-order valence-electron chi connectivity index (χ0n) is 17.2. The summed E-state index contributed by atoms with van der Waals surface area (Å²) >= 11 is 0. The molecule has 4 rings (SSSR count). The first-order valence-electron chi connectivity index (χ1n) is 10.1. The van der Waals surface area contributed by atoms with Gasteiger partial charge in [0.15, 0.2) is 5.65 Å². The lowest BCUT2D eigenvalue weighted by molar-refractivity contribution is 0.0651. The second kappa shape index (κ2) is 8.93. The zero-order valence-corrected chi connectivity index (χ0v) is 17.2. The van der Waals surface area contributed by atoms with Crippen LogP contribution in [0, 0.1) is 11.3 Å². The van der Waals surface area contributed by atoms with Crippen molar-refractivity contribution in [1.82, 2.24) is 19.4 Å². The summed E-state index contributed by atoms with van der Waals surface area (Å²) < 4.78 is 6.95. The first-order chi connectivity index (χ1) is 15.1. The third kappa shape index (κ3) is 4.25. The van der Waals surface area contributed by atoms with Crippen LogP contribution in [-0.2, 0) is 11.3 Å². The van der Waals surface area contributed by atoms with Gasteiger partial charge in [0.1, 0.15) is 5.52 Å². The molecule has 1 aliphatic heterocycles. The number of nitriles is 1. The van der Waals surface area contributed by atoms with Gasteiger partial charge in [0, 0.05) is 45.1 Å². The highest BCUT2D eigenvalue weighted by Crippen LogP contribution is 2.22. The van der Waals surface area contributed by atoms with Gasteiger partial charge < -0.3 is 9.64 Å². The number of hydrogen-bond acceptors (Lipinski definition) is 6. The number of nitrogens with zero attached hydrogens (tertiary/aromatic N) is 5. The summed E-state index contributed by atoms with van der Waals surface area (Å²) in [6.07, 6.45) is 3.27. The highest BCUT2D eigenvalue weighted by molar-refractivity contribution is 6.04. The van der Waals surface area contributed by atoms with Crippen molar-refractivity contribution in [2.75, 3.05) is 32.1 Å². The van der Waals surface area contributed by atoms with E-state index in [0.717, 1.165) is 19.5 Å². The van der Waals surface area contributed by atoms with Gasteiger partial charge in [0.2, 0.25) is 5.95 Å². The number of methoxy groups -OCH3 is 1. The number of anilines is 1. The van der Waals surface area contributed by atoms with Crippen molar-refractivity contribution in [3.05, 3.63) is 53.2 Å². The fourth-order valence-corrected chi connectivity index (χ4v) is 3.41. The van der Waals surface area contributed by atoms with Crippen LogP contribution in [0.1, 0.15) is 39.1 Å². The average Bonchev–Trinajstić information content (AvgIpc) is 3.09. The molecule has 31 heavy (non-hydrogen) atoms. The number of likely N-dealkylation sites (tertiary alicyclic amines) is 1. The molecule has 1 aromatic carbocycles. The van der Waals surface area contributed by atoms with Crippen LogP contribution in [0.25, 0.3) is 11.2 Å². The monoisotopic (exact) mass is 418 g/mol. The molecule has 0 aliphatic carbocycles. The molecule has 1 saturated heterocycles. The van der Waals surface area contributed by atoms with Gasteiger partial charge in [-0.15, -0.1) is 0 Å². The van der Waals surface area contributed by atoms with Gasteiger partial charge in [-0.05, 0) is 37.1 Å². The number of imidazole rings is 1. The zero-order chi connectivity index (χ0) is 21.8. The lowest BCUT2D eigenvalue weighted by atomic mass is 10.1. The number of carbonyl (C=O) groups excluding carboxylic acids is 2. The average molecular weight is 418 g/mol. The summed E-state index contributed by atoms with van der Waals surface area (Å²) in [5, 5.41) is 11.9. The molecule has 1 fully saturated rings. The van der Waals surface area contributed by atoms with Gasteiger partial charge in [-0.1, -0.05) is 6.07 Å². The Kier molecular flexibility index (Phi) is 5.91. The van der Waals surface area contributed by atoms with Crippen LogP contribution < -0.4 is 5.32 Å². The van der Waals surface area contributed by atoms with E-state index in [4.69, 9.17) is 10.00 Å². The molecule has 1 N–H and O–H groups in total. The predicted octanol–water partition coefficient (Wildman–Crippen LogP) is 2.44. The molecular formula is C22H22N6O3. The van der Waals surface area contributed by atoms with Crippen molar-refractivity contribution < 1.29 is 14.3 Å². The molecule has 0 spiro atoms. The topological polar surface area (TPSA) is 113 Å². The Labute approximate surface area is 179 Å². The van der Waals surface area contributed by atoms with E-state index in [1.54, 1.807) is 47.0 Å². The second-order valence-electron chi connectivity index (χ2n) is 7.29. The Morgan fingerprint density at radius 3 is 2.81 bits per heavy atom.